The van der Waals surface area contributed by atoms with Crippen LogP contribution in [0.5, 0.6) is 0 Å². The molecule has 0 amide bonds. The summed E-state index contributed by atoms with van der Waals surface area (Å²) in [6, 6.07) is 5.71. The Morgan fingerprint density at radius 3 is 2.75 bits per heavy atom. The van der Waals surface area contributed by atoms with Gasteiger partial charge < -0.3 is 13.9 Å². The van der Waals surface area contributed by atoms with E-state index in [1.54, 1.807) is 0 Å². The Kier molecular flexibility index (Phi) is 4.57. The van der Waals surface area contributed by atoms with Gasteiger partial charge in [0.15, 0.2) is 0 Å². The number of hydrogen-bond acceptors (Lipinski definition) is 5. The summed E-state index contributed by atoms with van der Waals surface area (Å²) in [5, 5.41) is 0. The number of esters is 1. The molecule has 0 saturated carbocycles. The molecule has 1 heterocycles. The van der Waals surface area contributed by atoms with E-state index in [1.807, 2.05) is 25.1 Å². The number of hydrogen-bond donors (Lipinski definition) is 0. The van der Waals surface area contributed by atoms with E-state index >= 15 is 0 Å². The second-order valence-corrected chi connectivity index (χ2v) is 5.04. The molecule has 20 heavy (non-hydrogen) atoms. The highest BCUT2D eigenvalue weighted by Gasteiger charge is 2.21. The van der Waals surface area contributed by atoms with Gasteiger partial charge in [-0.3, -0.25) is 0 Å². The maximum Gasteiger partial charge on any atom is 0.376 e. The summed E-state index contributed by atoms with van der Waals surface area (Å²) in [4.78, 5) is 16.0. The molecular weight excluding hydrogens is 326 g/mol. The first-order valence-electron chi connectivity index (χ1n) is 5.90. The maximum atomic E-state index is 11.7. The molecule has 0 aliphatic heterocycles. The van der Waals surface area contributed by atoms with E-state index in [9.17, 15) is 4.79 Å². The highest BCUT2D eigenvalue weighted by Crippen LogP contribution is 2.27. The van der Waals surface area contributed by atoms with Crippen molar-refractivity contribution in [2.24, 2.45) is 0 Å². The first kappa shape index (κ1) is 14.7. The largest absolute Gasteiger partial charge is 0.463 e. The van der Waals surface area contributed by atoms with Crippen LogP contribution in [0.1, 0.15) is 21.8 Å². The number of methoxy groups -OCH3 is 2. The summed E-state index contributed by atoms with van der Waals surface area (Å²) < 4.78 is 16.2. The van der Waals surface area contributed by atoms with Crippen molar-refractivity contribution >= 4 is 21.9 Å². The molecule has 0 radical (unpaired) electrons. The van der Waals surface area contributed by atoms with Gasteiger partial charge >= 0.3 is 5.97 Å². The van der Waals surface area contributed by atoms with Crippen LogP contribution in [0.25, 0.3) is 11.5 Å². The molecule has 0 aliphatic rings. The minimum atomic E-state index is -0.568. The Morgan fingerprint density at radius 2 is 2.15 bits per heavy atom. The predicted molar refractivity (Wildman–Crippen MR) is 76.4 cm³/mol. The fourth-order valence-corrected chi connectivity index (χ4v) is 2.07. The molecule has 5 nitrogen and oxygen atoms in total. The van der Waals surface area contributed by atoms with Crippen LogP contribution in [0.3, 0.4) is 0 Å². The topological polar surface area (TPSA) is 61.6 Å². The van der Waals surface area contributed by atoms with Gasteiger partial charge in [-0.1, -0.05) is 22.0 Å². The van der Waals surface area contributed by atoms with Crippen LogP contribution >= 0.6 is 15.9 Å². The van der Waals surface area contributed by atoms with Gasteiger partial charge in [0.1, 0.15) is 5.69 Å². The van der Waals surface area contributed by atoms with Crippen molar-refractivity contribution in [2.75, 3.05) is 14.2 Å². The van der Waals surface area contributed by atoms with Crippen molar-refractivity contribution in [3.8, 4) is 11.5 Å². The van der Waals surface area contributed by atoms with Crippen molar-refractivity contribution in [2.45, 2.75) is 13.5 Å². The molecule has 1 aromatic carbocycles. The predicted octanol–water partition coefficient (Wildman–Crippen LogP) is 3.35. The third-order valence-electron chi connectivity index (χ3n) is 2.77. The van der Waals surface area contributed by atoms with Crippen LogP contribution in [0.4, 0.5) is 0 Å². The lowest BCUT2D eigenvalue weighted by Crippen LogP contribution is -2.04. The van der Waals surface area contributed by atoms with E-state index in [4.69, 9.17) is 9.15 Å². The van der Waals surface area contributed by atoms with Crippen molar-refractivity contribution < 1.29 is 18.7 Å². The first-order chi connectivity index (χ1) is 9.56. The third kappa shape index (κ3) is 2.91. The highest BCUT2D eigenvalue weighted by atomic mass is 79.9. The summed E-state index contributed by atoms with van der Waals surface area (Å²) in [6.45, 7) is 2.17. The molecule has 0 spiro atoms. The standard InChI is InChI=1S/C14H14BrNO4/c1-8-4-5-9(6-10(8)15)13-16-11(7-18-2)12(20-13)14(17)19-3/h4-6H,7H2,1-3H3. The first-order valence-corrected chi connectivity index (χ1v) is 6.69. The van der Waals surface area contributed by atoms with Crippen LogP contribution in [-0.2, 0) is 16.1 Å². The monoisotopic (exact) mass is 339 g/mol. The van der Waals surface area contributed by atoms with E-state index < -0.39 is 5.97 Å². The molecule has 1 aromatic heterocycles. The van der Waals surface area contributed by atoms with Crippen LogP contribution in [0.15, 0.2) is 27.1 Å². The van der Waals surface area contributed by atoms with Gasteiger partial charge in [0.25, 0.3) is 0 Å². The minimum absolute atomic E-state index is 0.0704. The van der Waals surface area contributed by atoms with Gasteiger partial charge in [-0.2, -0.15) is 0 Å². The lowest BCUT2D eigenvalue weighted by atomic mass is 10.1. The van der Waals surface area contributed by atoms with Gasteiger partial charge in [-0.15, -0.1) is 0 Å². The lowest BCUT2D eigenvalue weighted by molar-refractivity contribution is 0.0559. The molecule has 6 heteroatoms. The highest BCUT2D eigenvalue weighted by molar-refractivity contribution is 9.10. The molecule has 0 saturated heterocycles. The molecule has 2 rings (SSSR count). The van der Waals surface area contributed by atoms with Gasteiger partial charge in [0, 0.05) is 17.1 Å². The number of halogens is 1. The van der Waals surface area contributed by atoms with Crippen molar-refractivity contribution in [1.82, 2.24) is 4.98 Å². The zero-order valence-electron chi connectivity index (χ0n) is 11.4. The van der Waals surface area contributed by atoms with Gasteiger partial charge in [0.05, 0.1) is 13.7 Å². The summed E-state index contributed by atoms with van der Waals surface area (Å²) in [7, 11) is 2.82. The number of aryl methyl sites for hydroxylation is 1. The molecule has 0 fully saturated rings. The van der Waals surface area contributed by atoms with Crippen molar-refractivity contribution in [3.05, 3.63) is 39.7 Å². The van der Waals surface area contributed by atoms with E-state index in [0.717, 1.165) is 15.6 Å². The van der Waals surface area contributed by atoms with Crippen molar-refractivity contribution in [1.29, 1.82) is 0 Å². The molecule has 0 bridgehead atoms. The number of carbonyl (C=O) groups is 1. The second-order valence-electron chi connectivity index (χ2n) is 4.18. The maximum absolute atomic E-state index is 11.7. The number of carbonyl (C=O) groups excluding carboxylic acids is 1. The number of aromatic nitrogens is 1. The lowest BCUT2D eigenvalue weighted by Gasteiger charge is -2.00. The van der Waals surface area contributed by atoms with Crippen molar-refractivity contribution in [3.63, 3.8) is 0 Å². The Balaban J connectivity index is 2.46. The van der Waals surface area contributed by atoms with E-state index in [2.05, 4.69) is 25.7 Å². The Bertz CT molecular complexity index is 636. The Labute approximate surface area is 125 Å². The normalized spacial score (nSPS) is 10.6. The average molecular weight is 340 g/mol. The third-order valence-corrected chi connectivity index (χ3v) is 3.62. The molecule has 0 unspecified atom stereocenters. The van der Waals surface area contributed by atoms with Gasteiger partial charge in [-0.25, -0.2) is 9.78 Å². The zero-order valence-corrected chi connectivity index (χ0v) is 13.0. The van der Waals surface area contributed by atoms with E-state index in [0.29, 0.717) is 11.6 Å². The minimum Gasteiger partial charge on any atom is -0.463 e. The van der Waals surface area contributed by atoms with Crippen LogP contribution < -0.4 is 0 Å². The number of rotatable bonds is 4. The zero-order chi connectivity index (χ0) is 14.7. The molecule has 0 aliphatic carbocycles. The van der Waals surface area contributed by atoms with Crippen LogP contribution in [-0.4, -0.2) is 25.2 Å². The molecule has 0 N–H and O–H groups in total. The Morgan fingerprint density at radius 1 is 1.40 bits per heavy atom. The fraction of sp³-hybridized carbons (Fsp3) is 0.286. The SMILES string of the molecule is COCc1nc(-c2ccc(C)c(Br)c2)oc1C(=O)OC. The van der Waals surface area contributed by atoms with Crippen LogP contribution in [0.2, 0.25) is 0 Å². The summed E-state index contributed by atoms with van der Waals surface area (Å²) in [5.41, 5.74) is 2.30. The van der Waals surface area contributed by atoms with E-state index in [1.165, 1.54) is 14.2 Å². The fourth-order valence-electron chi connectivity index (χ4n) is 1.69. The molecule has 0 atom stereocenters. The van der Waals surface area contributed by atoms with Crippen LogP contribution in [0, 0.1) is 6.92 Å². The Hall–Kier alpha value is -1.66. The van der Waals surface area contributed by atoms with Gasteiger partial charge in [0.2, 0.25) is 11.7 Å². The summed E-state index contributed by atoms with van der Waals surface area (Å²) in [5.74, 6) is -0.138. The second kappa shape index (κ2) is 6.19. The number of nitrogens with zero attached hydrogens (tertiary/aromatic N) is 1. The molecule has 2 aromatic rings. The number of ether oxygens (including phenoxy) is 2. The number of oxazole rings is 1. The average Bonchev–Trinajstić information content (AvgIpc) is 2.85. The van der Waals surface area contributed by atoms with Gasteiger partial charge in [-0.05, 0) is 24.6 Å². The molecule has 106 valence electrons. The number of benzene rings is 1. The molecular formula is C14H14BrNO4. The quantitative estimate of drug-likeness (QED) is 0.799. The summed E-state index contributed by atoms with van der Waals surface area (Å²) in [6.07, 6.45) is 0. The summed E-state index contributed by atoms with van der Waals surface area (Å²) >= 11 is 3.46. The smallest absolute Gasteiger partial charge is 0.376 e. The van der Waals surface area contributed by atoms with E-state index in [-0.39, 0.29) is 12.4 Å².